The van der Waals surface area contributed by atoms with Crippen molar-refractivity contribution < 1.29 is 19.4 Å². The van der Waals surface area contributed by atoms with E-state index >= 15 is 0 Å². The van der Waals surface area contributed by atoms with Gasteiger partial charge in [0.15, 0.2) is 6.10 Å². The second-order valence-electron chi connectivity index (χ2n) is 5.70. The van der Waals surface area contributed by atoms with Crippen LogP contribution in [0.2, 0.25) is 0 Å². The molecular formula is C17H19N3O4. The number of hydrogen-bond acceptors (Lipinski definition) is 4. The van der Waals surface area contributed by atoms with Gasteiger partial charge in [-0.25, -0.2) is 9.48 Å². The van der Waals surface area contributed by atoms with Crippen molar-refractivity contribution in [1.82, 2.24) is 15.1 Å². The molecule has 1 amide bonds. The van der Waals surface area contributed by atoms with E-state index in [1.165, 1.54) is 0 Å². The standard InChI is InChI=1S/C17H19N3O4/c21-16(14-6-7-15(24-14)17(22)23)18-9-8-12-10-19-20(11-12)13-4-2-1-3-5-13/h1-5,10-11,14-15H,6-9H2,(H,18,21)(H,22,23)/t14-,15+/m0/s1. The molecule has 7 nitrogen and oxygen atoms in total. The van der Waals surface area contributed by atoms with Crippen molar-refractivity contribution in [2.75, 3.05) is 6.54 Å². The zero-order valence-electron chi connectivity index (χ0n) is 13.1. The average Bonchev–Trinajstić information content (AvgIpc) is 3.25. The molecule has 2 N–H and O–H groups in total. The molecule has 0 radical (unpaired) electrons. The summed E-state index contributed by atoms with van der Waals surface area (Å²) in [6.07, 6.45) is 3.61. The van der Waals surface area contributed by atoms with Crippen molar-refractivity contribution >= 4 is 11.9 Å². The first-order chi connectivity index (χ1) is 11.6. The lowest BCUT2D eigenvalue weighted by atomic mass is 10.2. The first-order valence-electron chi connectivity index (χ1n) is 7.88. The smallest absolute Gasteiger partial charge is 0.332 e. The minimum atomic E-state index is -1.02. The molecule has 1 aromatic carbocycles. The van der Waals surface area contributed by atoms with Crippen molar-refractivity contribution in [3.05, 3.63) is 48.3 Å². The van der Waals surface area contributed by atoms with E-state index in [0.717, 1.165) is 11.3 Å². The van der Waals surface area contributed by atoms with Gasteiger partial charge in [0.2, 0.25) is 5.91 Å². The molecule has 1 aliphatic rings. The van der Waals surface area contributed by atoms with Crippen molar-refractivity contribution in [1.29, 1.82) is 0 Å². The van der Waals surface area contributed by atoms with Gasteiger partial charge >= 0.3 is 5.97 Å². The Hall–Kier alpha value is -2.67. The fraction of sp³-hybridized carbons (Fsp3) is 0.353. The Morgan fingerprint density at radius 2 is 2.00 bits per heavy atom. The number of nitrogens with zero attached hydrogens (tertiary/aromatic N) is 2. The van der Waals surface area contributed by atoms with Crippen LogP contribution in [-0.4, -0.2) is 45.5 Å². The highest BCUT2D eigenvalue weighted by molar-refractivity contribution is 5.82. The summed E-state index contributed by atoms with van der Waals surface area (Å²) in [7, 11) is 0. The molecule has 1 aliphatic heterocycles. The van der Waals surface area contributed by atoms with Gasteiger partial charge in [-0.1, -0.05) is 18.2 Å². The predicted molar refractivity (Wildman–Crippen MR) is 85.8 cm³/mol. The fourth-order valence-corrected chi connectivity index (χ4v) is 2.67. The molecule has 0 spiro atoms. The zero-order valence-corrected chi connectivity index (χ0v) is 13.1. The van der Waals surface area contributed by atoms with Crippen LogP contribution in [0, 0.1) is 0 Å². The number of benzene rings is 1. The van der Waals surface area contributed by atoms with Crippen LogP contribution >= 0.6 is 0 Å². The van der Waals surface area contributed by atoms with Crippen molar-refractivity contribution in [2.45, 2.75) is 31.5 Å². The van der Waals surface area contributed by atoms with Gasteiger partial charge in [0.05, 0.1) is 11.9 Å². The summed E-state index contributed by atoms with van der Waals surface area (Å²) in [6.45, 7) is 0.455. The number of aromatic nitrogens is 2. The summed E-state index contributed by atoms with van der Waals surface area (Å²) in [4.78, 5) is 22.8. The number of carboxylic acids is 1. The Kier molecular flexibility index (Phi) is 4.90. The SMILES string of the molecule is O=C(NCCc1cnn(-c2ccccc2)c1)[C@@H]1CC[C@H](C(=O)O)O1. The molecule has 0 aliphatic carbocycles. The molecule has 2 atom stereocenters. The van der Waals surface area contributed by atoms with Crippen LogP contribution in [-0.2, 0) is 20.7 Å². The summed E-state index contributed by atoms with van der Waals surface area (Å²) < 4.78 is 7.01. The minimum Gasteiger partial charge on any atom is -0.479 e. The molecule has 0 bridgehead atoms. The second-order valence-corrected chi connectivity index (χ2v) is 5.70. The number of hydrogen-bond donors (Lipinski definition) is 2. The van der Waals surface area contributed by atoms with Crippen LogP contribution in [0.5, 0.6) is 0 Å². The highest BCUT2D eigenvalue weighted by Gasteiger charge is 2.34. The number of aliphatic carboxylic acids is 1. The Bertz CT molecular complexity index is 714. The number of rotatable bonds is 6. The maximum absolute atomic E-state index is 12.0. The largest absolute Gasteiger partial charge is 0.479 e. The first-order valence-corrected chi connectivity index (χ1v) is 7.88. The molecule has 2 heterocycles. The Balaban J connectivity index is 1.46. The van der Waals surface area contributed by atoms with Crippen LogP contribution in [0.3, 0.4) is 0 Å². The Labute approximate surface area is 139 Å². The van der Waals surface area contributed by atoms with Gasteiger partial charge in [-0.05, 0) is 37.0 Å². The van der Waals surface area contributed by atoms with Crippen LogP contribution < -0.4 is 5.32 Å². The lowest BCUT2D eigenvalue weighted by Gasteiger charge is -2.11. The minimum absolute atomic E-state index is 0.255. The lowest BCUT2D eigenvalue weighted by Crippen LogP contribution is -2.36. The molecule has 24 heavy (non-hydrogen) atoms. The van der Waals surface area contributed by atoms with Gasteiger partial charge in [-0.2, -0.15) is 5.10 Å². The average molecular weight is 329 g/mol. The van der Waals surface area contributed by atoms with E-state index in [0.29, 0.717) is 25.8 Å². The van der Waals surface area contributed by atoms with Crippen LogP contribution in [0.25, 0.3) is 5.69 Å². The molecule has 1 saturated heterocycles. The fourth-order valence-electron chi connectivity index (χ4n) is 2.67. The van der Waals surface area contributed by atoms with Gasteiger partial charge in [0.25, 0.3) is 0 Å². The van der Waals surface area contributed by atoms with Gasteiger partial charge < -0.3 is 15.2 Å². The second kappa shape index (κ2) is 7.27. The normalized spacial score (nSPS) is 20.0. The molecule has 3 rings (SSSR count). The molecule has 126 valence electrons. The lowest BCUT2D eigenvalue weighted by molar-refractivity contribution is -0.151. The summed E-state index contributed by atoms with van der Waals surface area (Å²) in [5.41, 5.74) is 1.99. The van der Waals surface area contributed by atoms with Crippen LogP contribution in [0.4, 0.5) is 0 Å². The van der Waals surface area contributed by atoms with E-state index < -0.39 is 18.2 Å². The number of para-hydroxylation sites is 1. The van der Waals surface area contributed by atoms with Gasteiger partial charge in [0, 0.05) is 12.7 Å². The summed E-state index contributed by atoms with van der Waals surface area (Å²) >= 11 is 0. The van der Waals surface area contributed by atoms with E-state index in [-0.39, 0.29) is 5.91 Å². The first kappa shape index (κ1) is 16.2. The number of amides is 1. The Morgan fingerprint density at radius 3 is 2.71 bits per heavy atom. The maximum atomic E-state index is 12.0. The number of ether oxygens (including phenoxy) is 1. The van der Waals surface area contributed by atoms with E-state index in [9.17, 15) is 9.59 Å². The molecule has 7 heteroatoms. The van der Waals surface area contributed by atoms with Gasteiger partial charge in [-0.15, -0.1) is 0 Å². The molecule has 1 aromatic heterocycles. The van der Waals surface area contributed by atoms with Crippen molar-refractivity contribution in [2.24, 2.45) is 0 Å². The highest BCUT2D eigenvalue weighted by Crippen LogP contribution is 2.19. The van der Waals surface area contributed by atoms with Crippen molar-refractivity contribution in [3.63, 3.8) is 0 Å². The summed E-state index contributed by atoms with van der Waals surface area (Å²) in [5.74, 6) is -1.27. The van der Waals surface area contributed by atoms with E-state index in [1.54, 1.807) is 10.9 Å². The molecule has 0 unspecified atom stereocenters. The Morgan fingerprint density at radius 1 is 1.25 bits per heavy atom. The highest BCUT2D eigenvalue weighted by atomic mass is 16.5. The topological polar surface area (TPSA) is 93.5 Å². The third-order valence-electron chi connectivity index (χ3n) is 3.96. The number of carboxylic acid groups (broad SMARTS) is 1. The zero-order chi connectivity index (χ0) is 16.9. The third kappa shape index (κ3) is 3.80. The van der Waals surface area contributed by atoms with Gasteiger partial charge in [-0.3, -0.25) is 4.79 Å². The summed E-state index contributed by atoms with van der Waals surface area (Å²) in [5, 5.41) is 16.0. The number of carbonyl (C=O) groups is 2. The molecular weight excluding hydrogens is 310 g/mol. The molecule has 2 aromatic rings. The maximum Gasteiger partial charge on any atom is 0.332 e. The molecule has 1 fully saturated rings. The van der Waals surface area contributed by atoms with E-state index in [2.05, 4.69) is 10.4 Å². The molecule has 0 saturated carbocycles. The third-order valence-corrected chi connectivity index (χ3v) is 3.96. The quantitative estimate of drug-likeness (QED) is 0.829. The number of carbonyl (C=O) groups excluding carboxylic acids is 1. The summed E-state index contributed by atoms with van der Waals surface area (Å²) in [6, 6.07) is 9.78. The van der Waals surface area contributed by atoms with E-state index in [1.807, 2.05) is 36.5 Å². The van der Waals surface area contributed by atoms with Gasteiger partial charge in [0.1, 0.15) is 6.10 Å². The number of nitrogens with one attached hydrogen (secondary N) is 1. The predicted octanol–water partition coefficient (Wildman–Crippen LogP) is 1.16. The van der Waals surface area contributed by atoms with Crippen LogP contribution in [0.1, 0.15) is 18.4 Å². The monoisotopic (exact) mass is 329 g/mol. The van der Waals surface area contributed by atoms with E-state index in [4.69, 9.17) is 9.84 Å². The van der Waals surface area contributed by atoms with Crippen LogP contribution in [0.15, 0.2) is 42.7 Å². The van der Waals surface area contributed by atoms with Crippen molar-refractivity contribution in [3.8, 4) is 5.69 Å².